The number of halogens is 1. The Morgan fingerprint density at radius 1 is 1.03 bits per heavy atom. The van der Waals surface area contributed by atoms with E-state index in [1.54, 1.807) is 6.20 Å². The summed E-state index contributed by atoms with van der Waals surface area (Å²) in [7, 11) is 0. The summed E-state index contributed by atoms with van der Waals surface area (Å²) in [5, 5.41) is 7.34. The molecule has 0 atom stereocenters. The second-order valence-electron chi connectivity index (χ2n) is 8.20. The SMILES string of the molecule is O=C1NC(=O)C(c2cnc3ccccn23)=C1c1cn(C2CCNCC2)c2ccc(Cl)cc12. The van der Waals surface area contributed by atoms with Gasteiger partial charge in [-0.3, -0.25) is 19.3 Å². The summed E-state index contributed by atoms with van der Waals surface area (Å²) in [5.74, 6) is -0.819. The van der Waals surface area contributed by atoms with Crippen LogP contribution < -0.4 is 10.6 Å². The van der Waals surface area contributed by atoms with Gasteiger partial charge in [-0.05, 0) is 56.3 Å². The standard InChI is InChI=1S/C24H20ClN5O2/c25-14-4-5-18-16(11-14)17(13-30(18)15-6-8-26-9-7-15)21-22(24(32)28-23(21)31)19-12-27-20-3-1-2-10-29(19)20/h1-5,10-13,15,26H,6-9H2,(H,28,31,32). The molecule has 4 aromatic rings. The number of imidazole rings is 1. The first kappa shape index (κ1) is 19.3. The maximum atomic E-state index is 13.1. The Morgan fingerprint density at radius 3 is 2.69 bits per heavy atom. The third kappa shape index (κ3) is 2.89. The highest BCUT2D eigenvalue weighted by Crippen LogP contribution is 2.39. The molecule has 0 bridgehead atoms. The molecule has 3 aromatic heterocycles. The highest BCUT2D eigenvalue weighted by Gasteiger charge is 2.36. The Bertz CT molecular complexity index is 1440. The lowest BCUT2D eigenvalue weighted by molar-refractivity contribution is -0.122. The number of imide groups is 1. The molecule has 5 heterocycles. The highest BCUT2D eigenvalue weighted by atomic mass is 35.5. The van der Waals surface area contributed by atoms with Crippen molar-refractivity contribution in [1.82, 2.24) is 24.6 Å². The Morgan fingerprint density at radius 2 is 1.84 bits per heavy atom. The van der Waals surface area contributed by atoms with Crippen LogP contribution >= 0.6 is 11.6 Å². The van der Waals surface area contributed by atoms with Crippen LogP contribution in [0, 0.1) is 0 Å². The van der Waals surface area contributed by atoms with Crippen molar-refractivity contribution >= 4 is 51.1 Å². The van der Waals surface area contributed by atoms with E-state index in [1.165, 1.54) is 0 Å². The van der Waals surface area contributed by atoms with Crippen LogP contribution in [0.3, 0.4) is 0 Å². The lowest BCUT2D eigenvalue weighted by Gasteiger charge is -2.25. The van der Waals surface area contributed by atoms with E-state index in [4.69, 9.17) is 11.6 Å². The van der Waals surface area contributed by atoms with Crippen LogP contribution in [0.25, 0.3) is 27.7 Å². The average Bonchev–Trinajstić information content (AvgIpc) is 3.47. The zero-order valence-electron chi connectivity index (χ0n) is 17.1. The summed E-state index contributed by atoms with van der Waals surface area (Å²) in [6.07, 6.45) is 7.48. The molecular formula is C24H20ClN5O2. The fourth-order valence-electron chi connectivity index (χ4n) is 4.89. The third-order valence-electron chi connectivity index (χ3n) is 6.37. The predicted octanol–water partition coefficient (Wildman–Crippen LogP) is 3.43. The zero-order valence-corrected chi connectivity index (χ0v) is 17.9. The fourth-order valence-corrected chi connectivity index (χ4v) is 5.06. The molecular weight excluding hydrogens is 426 g/mol. The number of carbonyl (C=O) groups excluding carboxylic acids is 2. The first-order valence-corrected chi connectivity index (χ1v) is 11.0. The molecule has 8 heteroatoms. The fraction of sp³-hybridized carbons (Fsp3) is 0.208. The minimum atomic E-state index is -0.416. The van der Waals surface area contributed by atoms with Gasteiger partial charge in [0.25, 0.3) is 11.8 Å². The van der Waals surface area contributed by atoms with Crippen LogP contribution in [-0.4, -0.2) is 38.9 Å². The van der Waals surface area contributed by atoms with Gasteiger partial charge in [0.15, 0.2) is 0 Å². The van der Waals surface area contributed by atoms with Crippen molar-refractivity contribution in [3.8, 4) is 0 Å². The smallest absolute Gasteiger partial charge is 0.261 e. The van der Waals surface area contributed by atoms with Crippen molar-refractivity contribution < 1.29 is 9.59 Å². The lowest BCUT2D eigenvalue weighted by Crippen LogP contribution is -2.29. The molecule has 2 amide bonds. The summed E-state index contributed by atoms with van der Waals surface area (Å²) < 4.78 is 4.06. The lowest BCUT2D eigenvalue weighted by atomic mass is 9.99. The number of benzene rings is 1. The van der Waals surface area contributed by atoms with Crippen molar-refractivity contribution in [2.24, 2.45) is 0 Å². The number of aromatic nitrogens is 3. The minimum absolute atomic E-state index is 0.314. The van der Waals surface area contributed by atoms with E-state index < -0.39 is 11.8 Å². The molecule has 0 spiro atoms. The molecule has 1 fully saturated rings. The average molecular weight is 446 g/mol. The second-order valence-corrected chi connectivity index (χ2v) is 8.63. The molecule has 0 radical (unpaired) electrons. The summed E-state index contributed by atoms with van der Waals surface area (Å²) in [4.78, 5) is 30.4. The van der Waals surface area contributed by atoms with Crippen LogP contribution in [0.1, 0.15) is 30.1 Å². The highest BCUT2D eigenvalue weighted by molar-refractivity contribution is 6.50. The van der Waals surface area contributed by atoms with Crippen molar-refractivity contribution in [1.29, 1.82) is 0 Å². The van der Waals surface area contributed by atoms with E-state index >= 15 is 0 Å². The number of piperidine rings is 1. The van der Waals surface area contributed by atoms with E-state index in [-0.39, 0.29) is 0 Å². The third-order valence-corrected chi connectivity index (χ3v) is 6.61. The maximum absolute atomic E-state index is 13.1. The number of carbonyl (C=O) groups is 2. The zero-order chi connectivity index (χ0) is 21.8. The van der Waals surface area contributed by atoms with E-state index in [0.717, 1.165) is 36.8 Å². The number of fused-ring (bicyclic) bond motifs is 2. The Hall–Kier alpha value is -3.42. The molecule has 0 unspecified atom stereocenters. The molecule has 7 nitrogen and oxygen atoms in total. The summed E-state index contributed by atoms with van der Waals surface area (Å²) in [6.45, 7) is 1.89. The molecule has 2 aliphatic heterocycles. The number of rotatable bonds is 3. The van der Waals surface area contributed by atoms with Gasteiger partial charge in [-0.15, -0.1) is 0 Å². The number of pyridine rings is 1. The van der Waals surface area contributed by atoms with E-state index in [9.17, 15) is 9.59 Å². The largest absolute Gasteiger partial charge is 0.344 e. The van der Waals surface area contributed by atoms with Crippen LogP contribution in [0.2, 0.25) is 5.02 Å². The molecule has 0 aliphatic carbocycles. The molecule has 2 aliphatic rings. The van der Waals surface area contributed by atoms with Crippen molar-refractivity contribution in [3.05, 3.63) is 71.3 Å². The van der Waals surface area contributed by atoms with Crippen LogP contribution in [0.4, 0.5) is 0 Å². The quantitative estimate of drug-likeness (QED) is 0.473. The Labute approximate surface area is 188 Å². The molecule has 0 saturated carbocycles. The Kier molecular flexibility index (Phi) is 4.41. The number of nitrogens with one attached hydrogen (secondary N) is 2. The number of hydrogen-bond donors (Lipinski definition) is 2. The first-order valence-electron chi connectivity index (χ1n) is 10.7. The van der Waals surface area contributed by atoms with Crippen molar-refractivity contribution in [3.63, 3.8) is 0 Å². The molecule has 160 valence electrons. The monoisotopic (exact) mass is 445 g/mol. The van der Waals surface area contributed by atoms with Gasteiger partial charge in [0, 0.05) is 39.9 Å². The van der Waals surface area contributed by atoms with E-state index in [2.05, 4.69) is 20.2 Å². The number of nitrogens with zero attached hydrogens (tertiary/aromatic N) is 3. The topological polar surface area (TPSA) is 80.4 Å². The number of amides is 2. The Balaban J connectivity index is 1.63. The van der Waals surface area contributed by atoms with Gasteiger partial charge in [-0.25, -0.2) is 4.98 Å². The van der Waals surface area contributed by atoms with Gasteiger partial charge in [0.1, 0.15) is 5.65 Å². The minimum Gasteiger partial charge on any atom is -0.344 e. The van der Waals surface area contributed by atoms with Crippen molar-refractivity contribution in [2.75, 3.05) is 13.1 Å². The van der Waals surface area contributed by atoms with Gasteiger partial charge >= 0.3 is 0 Å². The summed E-state index contributed by atoms with van der Waals surface area (Å²) >= 11 is 6.35. The van der Waals surface area contributed by atoms with Gasteiger partial charge < -0.3 is 9.88 Å². The van der Waals surface area contributed by atoms with Gasteiger partial charge in [0.2, 0.25) is 0 Å². The normalized spacial score (nSPS) is 17.7. The molecule has 6 rings (SSSR count). The maximum Gasteiger partial charge on any atom is 0.261 e. The predicted molar refractivity (Wildman–Crippen MR) is 123 cm³/mol. The van der Waals surface area contributed by atoms with Gasteiger partial charge in [-0.2, -0.15) is 0 Å². The molecule has 2 N–H and O–H groups in total. The van der Waals surface area contributed by atoms with Crippen LogP contribution in [0.5, 0.6) is 0 Å². The molecule has 1 saturated heterocycles. The first-order chi connectivity index (χ1) is 15.6. The van der Waals surface area contributed by atoms with Gasteiger partial charge in [0.05, 0.1) is 23.0 Å². The summed E-state index contributed by atoms with van der Waals surface area (Å²) in [6, 6.07) is 11.7. The van der Waals surface area contributed by atoms with Crippen LogP contribution in [-0.2, 0) is 9.59 Å². The number of hydrogen-bond acceptors (Lipinski definition) is 4. The van der Waals surface area contributed by atoms with Crippen molar-refractivity contribution in [2.45, 2.75) is 18.9 Å². The molecule has 1 aromatic carbocycles. The van der Waals surface area contributed by atoms with E-state index in [1.807, 2.05) is 53.2 Å². The second kappa shape index (κ2) is 7.32. The van der Waals surface area contributed by atoms with Crippen LogP contribution in [0.15, 0.2) is 55.0 Å². The van der Waals surface area contributed by atoms with E-state index in [0.29, 0.717) is 39.1 Å². The molecule has 32 heavy (non-hydrogen) atoms. The summed E-state index contributed by atoms with van der Waals surface area (Å²) in [5.41, 5.74) is 3.71. The van der Waals surface area contributed by atoms with Gasteiger partial charge in [-0.1, -0.05) is 17.7 Å².